The van der Waals surface area contributed by atoms with Gasteiger partial charge in [-0.2, -0.15) is 5.10 Å². The first-order valence-electron chi connectivity index (χ1n) is 8.46. The lowest BCUT2D eigenvalue weighted by Gasteiger charge is -2.23. The van der Waals surface area contributed by atoms with Crippen LogP contribution in [0.15, 0.2) is 6.33 Å². The molecule has 0 saturated carbocycles. The van der Waals surface area contributed by atoms with E-state index in [4.69, 9.17) is 24.7 Å². The first-order chi connectivity index (χ1) is 13.7. The van der Waals surface area contributed by atoms with Crippen molar-refractivity contribution < 1.29 is 33.3 Å². The summed E-state index contributed by atoms with van der Waals surface area (Å²) in [5, 5.41) is 4.90. The van der Waals surface area contributed by atoms with E-state index in [-0.39, 0.29) is 12.4 Å². The SMILES string of the molecule is CC(=O)OC[C@H]1O[C@@H](n2nc(I)c3c(N)ncnc32)[C@H](OC(C)=O)[C@@H]1OC(C)=O. The normalized spacial score (nSPS) is 23.7. The second kappa shape index (κ2) is 8.44. The molecule has 3 heterocycles. The summed E-state index contributed by atoms with van der Waals surface area (Å²) in [6.07, 6.45) is -2.73. The van der Waals surface area contributed by atoms with Crippen LogP contribution in [-0.2, 0) is 33.3 Å². The van der Waals surface area contributed by atoms with Crippen molar-refractivity contribution in [1.29, 1.82) is 0 Å². The predicted octanol–water partition coefficient (Wildman–Crippen LogP) is 0.337. The number of hydrogen-bond donors (Lipinski definition) is 1. The highest BCUT2D eigenvalue weighted by molar-refractivity contribution is 14.1. The Morgan fingerprint density at radius 1 is 1.14 bits per heavy atom. The van der Waals surface area contributed by atoms with Gasteiger partial charge >= 0.3 is 17.9 Å². The fraction of sp³-hybridized carbons (Fsp3) is 0.500. The zero-order chi connectivity index (χ0) is 21.3. The van der Waals surface area contributed by atoms with Crippen LogP contribution >= 0.6 is 22.6 Å². The second-order valence-corrected chi connectivity index (χ2v) is 7.23. The molecule has 0 aliphatic carbocycles. The first kappa shape index (κ1) is 21.2. The summed E-state index contributed by atoms with van der Waals surface area (Å²) >= 11 is 1.97. The number of nitrogen functional groups attached to an aromatic ring is 1. The number of anilines is 1. The van der Waals surface area contributed by atoms with Crippen LogP contribution in [0.4, 0.5) is 5.82 Å². The minimum Gasteiger partial charge on any atom is -0.463 e. The molecule has 0 spiro atoms. The molecule has 1 aliphatic rings. The van der Waals surface area contributed by atoms with Gasteiger partial charge in [0, 0.05) is 20.8 Å². The van der Waals surface area contributed by atoms with Gasteiger partial charge in [0.2, 0.25) is 0 Å². The fourth-order valence-corrected chi connectivity index (χ4v) is 3.77. The number of nitrogens with two attached hydrogens (primary N) is 1. The van der Waals surface area contributed by atoms with E-state index in [1.165, 1.54) is 31.8 Å². The molecule has 0 radical (unpaired) electrons. The number of halogens is 1. The van der Waals surface area contributed by atoms with Gasteiger partial charge in [-0.3, -0.25) is 14.4 Å². The van der Waals surface area contributed by atoms with Gasteiger partial charge in [-0.25, -0.2) is 14.6 Å². The molecule has 13 heteroatoms. The zero-order valence-electron chi connectivity index (χ0n) is 15.7. The van der Waals surface area contributed by atoms with Gasteiger partial charge in [0.1, 0.15) is 28.6 Å². The van der Waals surface area contributed by atoms with Crippen molar-refractivity contribution in [3.8, 4) is 0 Å². The van der Waals surface area contributed by atoms with Crippen molar-refractivity contribution in [2.45, 2.75) is 45.3 Å². The molecule has 0 bridgehead atoms. The van der Waals surface area contributed by atoms with Crippen LogP contribution < -0.4 is 5.73 Å². The number of carbonyl (C=O) groups excluding carboxylic acids is 3. The molecule has 12 nitrogen and oxygen atoms in total. The van der Waals surface area contributed by atoms with Crippen LogP contribution in [0.5, 0.6) is 0 Å². The summed E-state index contributed by atoms with van der Waals surface area (Å²) in [6.45, 7) is 3.45. The van der Waals surface area contributed by atoms with E-state index >= 15 is 0 Å². The smallest absolute Gasteiger partial charge is 0.303 e. The van der Waals surface area contributed by atoms with Crippen LogP contribution in [0, 0.1) is 3.70 Å². The van der Waals surface area contributed by atoms with Crippen LogP contribution in [0.25, 0.3) is 11.0 Å². The molecule has 3 rings (SSSR count). The largest absolute Gasteiger partial charge is 0.463 e. The molecular formula is C16H18IN5O7. The molecule has 1 aliphatic heterocycles. The Morgan fingerprint density at radius 3 is 2.41 bits per heavy atom. The highest BCUT2D eigenvalue weighted by Crippen LogP contribution is 2.36. The van der Waals surface area contributed by atoms with Crippen LogP contribution in [0.2, 0.25) is 0 Å². The average Bonchev–Trinajstić information content (AvgIpc) is 3.11. The first-order valence-corrected chi connectivity index (χ1v) is 9.54. The van der Waals surface area contributed by atoms with Crippen LogP contribution in [0.3, 0.4) is 0 Å². The third-order valence-electron chi connectivity index (χ3n) is 4.06. The third-order valence-corrected chi connectivity index (χ3v) is 4.81. The Balaban J connectivity index is 2.05. The number of fused-ring (bicyclic) bond motifs is 1. The standard InChI is InChI=1S/C16H18IN5O7/c1-6(23)26-4-9-11(27-7(2)24)12(28-8(3)25)16(29-9)22-15-10(13(17)21-22)14(18)19-5-20-15/h5,9,11-12,16H,4H2,1-3H3,(H2,18,19,20)/t9-,11-,12-,16-/m1/s1. The van der Waals surface area contributed by atoms with Crippen molar-refractivity contribution in [2.75, 3.05) is 12.3 Å². The Labute approximate surface area is 178 Å². The van der Waals surface area contributed by atoms with Gasteiger partial charge in [-0.15, -0.1) is 0 Å². The Kier molecular flexibility index (Phi) is 6.16. The van der Waals surface area contributed by atoms with Gasteiger partial charge in [-0.1, -0.05) is 0 Å². The maximum atomic E-state index is 11.7. The minimum absolute atomic E-state index is 0.213. The molecule has 2 aromatic rings. The maximum Gasteiger partial charge on any atom is 0.303 e. The molecule has 0 unspecified atom stereocenters. The third kappa shape index (κ3) is 4.39. The monoisotopic (exact) mass is 519 g/mol. The maximum absolute atomic E-state index is 11.7. The quantitative estimate of drug-likeness (QED) is 0.330. The van der Waals surface area contributed by atoms with Crippen LogP contribution in [-0.4, -0.2) is 62.6 Å². The van der Waals surface area contributed by atoms with Crippen molar-refractivity contribution in [3.63, 3.8) is 0 Å². The molecule has 0 aromatic carbocycles. The number of hydrogen-bond acceptors (Lipinski definition) is 11. The molecule has 2 N–H and O–H groups in total. The zero-order valence-corrected chi connectivity index (χ0v) is 17.9. The number of carbonyl (C=O) groups is 3. The van der Waals surface area contributed by atoms with Crippen molar-refractivity contribution in [3.05, 3.63) is 10.0 Å². The van der Waals surface area contributed by atoms with E-state index < -0.39 is 42.4 Å². The van der Waals surface area contributed by atoms with Gasteiger partial charge in [0.25, 0.3) is 0 Å². The lowest BCUT2D eigenvalue weighted by molar-refractivity contribution is -0.166. The lowest BCUT2D eigenvalue weighted by atomic mass is 10.1. The van der Waals surface area contributed by atoms with Crippen LogP contribution in [0.1, 0.15) is 27.0 Å². The Morgan fingerprint density at radius 2 is 1.79 bits per heavy atom. The molecular weight excluding hydrogens is 501 g/mol. The highest BCUT2D eigenvalue weighted by Gasteiger charge is 2.51. The fourth-order valence-electron chi connectivity index (χ4n) is 3.02. The minimum atomic E-state index is -1.06. The van der Waals surface area contributed by atoms with Gasteiger partial charge in [-0.05, 0) is 22.6 Å². The van der Waals surface area contributed by atoms with E-state index in [2.05, 4.69) is 15.1 Å². The van der Waals surface area contributed by atoms with Gasteiger partial charge < -0.3 is 24.7 Å². The lowest BCUT2D eigenvalue weighted by Crippen LogP contribution is -2.40. The average molecular weight is 519 g/mol. The summed E-state index contributed by atoms with van der Waals surface area (Å²) in [6, 6.07) is 0. The summed E-state index contributed by atoms with van der Waals surface area (Å²) in [5.41, 5.74) is 6.27. The molecule has 2 aromatic heterocycles. The van der Waals surface area contributed by atoms with Gasteiger partial charge in [0.05, 0.1) is 5.39 Å². The molecule has 156 valence electrons. The summed E-state index contributed by atoms with van der Waals surface area (Å²) in [4.78, 5) is 42.7. The van der Waals surface area contributed by atoms with Crippen molar-refractivity contribution in [1.82, 2.24) is 19.7 Å². The number of ether oxygens (including phenoxy) is 4. The van der Waals surface area contributed by atoms with Gasteiger partial charge in [0.15, 0.2) is 24.1 Å². The van der Waals surface area contributed by atoms with E-state index in [0.717, 1.165) is 0 Å². The van der Waals surface area contributed by atoms with E-state index in [0.29, 0.717) is 14.7 Å². The predicted molar refractivity (Wildman–Crippen MR) is 104 cm³/mol. The topological polar surface area (TPSA) is 158 Å². The highest BCUT2D eigenvalue weighted by atomic mass is 127. The summed E-state index contributed by atoms with van der Waals surface area (Å²) in [7, 11) is 0. The van der Waals surface area contributed by atoms with Crippen molar-refractivity contribution in [2.24, 2.45) is 0 Å². The van der Waals surface area contributed by atoms with Crippen molar-refractivity contribution >= 4 is 57.4 Å². The molecule has 0 amide bonds. The number of rotatable bonds is 5. The summed E-state index contributed by atoms with van der Waals surface area (Å²) in [5.74, 6) is -1.55. The number of nitrogens with zero attached hydrogens (tertiary/aromatic N) is 4. The molecule has 1 fully saturated rings. The number of esters is 3. The molecule has 1 saturated heterocycles. The Hall–Kier alpha value is -2.55. The van der Waals surface area contributed by atoms with E-state index in [1.807, 2.05) is 22.6 Å². The molecule has 4 atom stereocenters. The Bertz CT molecular complexity index is 965. The second-order valence-electron chi connectivity index (χ2n) is 6.21. The molecule has 29 heavy (non-hydrogen) atoms. The van der Waals surface area contributed by atoms with E-state index in [9.17, 15) is 14.4 Å². The summed E-state index contributed by atoms with van der Waals surface area (Å²) < 4.78 is 23.6. The number of aromatic nitrogens is 4. The van der Waals surface area contributed by atoms with E-state index in [1.54, 1.807) is 0 Å².